The van der Waals surface area contributed by atoms with E-state index in [0.717, 1.165) is 16.7 Å². The molecule has 3 aromatic carbocycles. The summed E-state index contributed by atoms with van der Waals surface area (Å²) in [6.45, 7) is -0.501. The van der Waals surface area contributed by atoms with Crippen molar-refractivity contribution in [1.29, 1.82) is 0 Å². The zero-order valence-electron chi connectivity index (χ0n) is 21.4. The molecule has 0 bridgehead atoms. The number of fused-ring (bicyclic) bond motifs is 2. The minimum atomic E-state index is -3.72. The zero-order valence-corrected chi connectivity index (χ0v) is 22.2. The fourth-order valence-corrected chi connectivity index (χ4v) is 6.13. The van der Waals surface area contributed by atoms with Gasteiger partial charge in [0.15, 0.2) is 18.1 Å². The van der Waals surface area contributed by atoms with E-state index in [2.05, 4.69) is 9.71 Å². The van der Waals surface area contributed by atoms with Crippen molar-refractivity contribution in [1.82, 2.24) is 9.62 Å². The first-order chi connectivity index (χ1) is 18.8. The second-order valence-corrected chi connectivity index (χ2v) is 10.6. The number of nitrogens with zero attached hydrogens (tertiary/aromatic N) is 2. The van der Waals surface area contributed by atoms with Crippen LogP contribution in [0.1, 0.15) is 28.3 Å². The Bertz CT molecular complexity index is 1550. The molecule has 5 rings (SSSR count). The molecular weight excluding hydrogens is 522 g/mol. The highest BCUT2D eigenvalue weighted by atomic mass is 32.2. The largest absolute Gasteiger partial charge is 0.493 e. The molecule has 39 heavy (non-hydrogen) atoms. The van der Waals surface area contributed by atoms with E-state index in [1.54, 1.807) is 37.3 Å². The molecule has 1 amide bonds. The number of methoxy groups -OCH3 is 2. The maximum Gasteiger partial charge on any atom is 0.328 e. The zero-order chi connectivity index (χ0) is 27.6. The standard InChI is InChI=1S/C28H27N3O7S/c1-36-22-14-19-12-13-31(27(18-8-4-3-5-9-18)21(19)15-23(22)37-2)25(32)17-38-26(33)16-29-28-20-10-6-7-11-24(20)39(34,35)30-28/h3-11,14-15,27H,12-13,16-17H2,1-2H3,(H,29,30)/t27-/m0/s1. The van der Waals surface area contributed by atoms with Gasteiger partial charge in [-0.05, 0) is 47.4 Å². The van der Waals surface area contributed by atoms with Crippen LogP contribution in [-0.4, -0.2) is 64.9 Å². The van der Waals surface area contributed by atoms with Gasteiger partial charge in [0, 0.05) is 12.1 Å². The number of rotatable bonds is 7. The number of esters is 1. The lowest BCUT2D eigenvalue weighted by Gasteiger charge is -2.38. The number of benzene rings is 3. The van der Waals surface area contributed by atoms with E-state index >= 15 is 0 Å². The van der Waals surface area contributed by atoms with Gasteiger partial charge in [-0.3, -0.25) is 19.3 Å². The van der Waals surface area contributed by atoms with Crippen LogP contribution in [0.5, 0.6) is 11.5 Å². The van der Waals surface area contributed by atoms with Gasteiger partial charge in [-0.2, -0.15) is 0 Å². The van der Waals surface area contributed by atoms with Gasteiger partial charge in [-0.15, -0.1) is 0 Å². The summed E-state index contributed by atoms with van der Waals surface area (Å²) in [5.41, 5.74) is 3.23. The molecule has 1 atom stereocenters. The van der Waals surface area contributed by atoms with Crippen molar-refractivity contribution in [3.8, 4) is 11.5 Å². The smallest absolute Gasteiger partial charge is 0.328 e. The normalized spacial score (nSPS) is 18.1. The number of hydrogen-bond donors (Lipinski definition) is 1. The number of amides is 1. The molecule has 2 heterocycles. The van der Waals surface area contributed by atoms with E-state index < -0.39 is 35.2 Å². The van der Waals surface area contributed by atoms with Crippen molar-refractivity contribution in [2.45, 2.75) is 17.4 Å². The monoisotopic (exact) mass is 549 g/mol. The SMILES string of the molecule is COc1cc2c(cc1OC)[C@H](c1ccccc1)N(C(=O)COC(=O)CN=C1NS(=O)(=O)c3ccccc31)CC2. The fourth-order valence-electron chi connectivity index (χ4n) is 4.87. The number of carbonyl (C=O) groups excluding carboxylic acids is 2. The van der Waals surface area contributed by atoms with Crippen LogP contribution in [0.4, 0.5) is 0 Å². The first kappa shape index (κ1) is 26.2. The Hall–Kier alpha value is -4.38. The Morgan fingerprint density at radius 1 is 1.00 bits per heavy atom. The molecule has 11 heteroatoms. The number of sulfonamides is 1. The third-order valence-electron chi connectivity index (χ3n) is 6.69. The van der Waals surface area contributed by atoms with Gasteiger partial charge in [0.1, 0.15) is 12.4 Å². The van der Waals surface area contributed by atoms with Crippen LogP contribution >= 0.6 is 0 Å². The molecule has 2 aliphatic heterocycles. The van der Waals surface area contributed by atoms with Gasteiger partial charge in [0.2, 0.25) is 0 Å². The number of ether oxygens (including phenoxy) is 3. The molecule has 0 aromatic heterocycles. The molecule has 3 aromatic rings. The maximum absolute atomic E-state index is 13.3. The van der Waals surface area contributed by atoms with Crippen LogP contribution in [0, 0.1) is 0 Å². The molecule has 1 N–H and O–H groups in total. The van der Waals surface area contributed by atoms with E-state index in [1.807, 2.05) is 42.5 Å². The van der Waals surface area contributed by atoms with E-state index in [-0.39, 0.29) is 16.6 Å². The summed E-state index contributed by atoms with van der Waals surface area (Å²) >= 11 is 0. The average molecular weight is 550 g/mol. The molecule has 202 valence electrons. The van der Waals surface area contributed by atoms with Gasteiger partial charge in [0.05, 0.1) is 25.2 Å². The minimum Gasteiger partial charge on any atom is -0.493 e. The van der Waals surface area contributed by atoms with E-state index in [4.69, 9.17) is 14.2 Å². The van der Waals surface area contributed by atoms with Crippen molar-refractivity contribution in [3.63, 3.8) is 0 Å². The molecule has 0 unspecified atom stereocenters. The van der Waals surface area contributed by atoms with Crippen LogP contribution in [0.2, 0.25) is 0 Å². The summed E-state index contributed by atoms with van der Waals surface area (Å²) in [6, 6.07) is 19.3. The van der Waals surface area contributed by atoms with Crippen LogP contribution in [0.3, 0.4) is 0 Å². The fraction of sp³-hybridized carbons (Fsp3) is 0.250. The molecule has 0 fully saturated rings. The number of amidine groups is 1. The summed E-state index contributed by atoms with van der Waals surface area (Å²) in [7, 11) is -0.578. The number of aliphatic imine (C=N–C) groups is 1. The van der Waals surface area contributed by atoms with E-state index in [9.17, 15) is 18.0 Å². The number of hydrogen-bond acceptors (Lipinski definition) is 8. The van der Waals surface area contributed by atoms with Crippen LogP contribution in [-0.2, 0) is 30.8 Å². The Morgan fingerprint density at radius 2 is 1.69 bits per heavy atom. The predicted octanol–water partition coefficient (Wildman–Crippen LogP) is 2.46. The Morgan fingerprint density at radius 3 is 2.44 bits per heavy atom. The molecule has 0 spiro atoms. The van der Waals surface area contributed by atoms with Crippen molar-refractivity contribution < 1.29 is 32.2 Å². The topological polar surface area (TPSA) is 124 Å². The van der Waals surface area contributed by atoms with E-state index in [0.29, 0.717) is 30.0 Å². The van der Waals surface area contributed by atoms with E-state index in [1.165, 1.54) is 6.07 Å². The molecule has 10 nitrogen and oxygen atoms in total. The first-order valence-electron chi connectivity index (χ1n) is 12.2. The highest BCUT2D eigenvalue weighted by molar-refractivity contribution is 7.90. The Kier molecular flexibility index (Phi) is 7.25. The third-order valence-corrected chi connectivity index (χ3v) is 8.09. The minimum absolute atomic E-state index is 0.0648. The summed E-state index contributed by atoms with van der Waals surface area (Å²) in [5.74, 6) is 0.124. The summed E-state index contributed by atoms with van der Waals surface area (Å²) in [6.07, 6.45) is 0.589. The summed E-state index contributed by atoms with van der Waals surface area (Å²) in [4.78, 5) is 31.7. The van der Waals surface area contributed by atoms with Crippen molar-refractivity contribution in [3.05, 3.63) is 89.0 Å². The summed E-state index contributed by atoms with van der Waals surface area (Å²) < 4.78 is 43.0. The number of carbonyl (C=O) groups is 2. The lowest BCUT2D eigenvalue weighted by Crippen LogP contribution is -2.42. The first-order valence-corrected chi connectivity index (χ1v) is 13.7. The lowest BCUT2D eigenvalue weighted by molar-refractivity contribution is -0.151. The highest BCUT2D eigenvalue weighted by Crippen LogP contribution is 2.41. The van der Waals surface area contributed by atoms with Crippen molar-refractivity contribution in [2.24, 2.45) is 4.99 Å². The van der Waals surface area contributed by atoms with Gasteiger partial charge in [-0.1, -0.05) is 42.5 Å². The maximum atomic E-state index is 13.3. The van der Waals surface area contributed by atoms with Gasteiger partial charge in [-0.25, -0.2) is 8.42 Å². The van der Waals surface area contributed by atoms with Crippen molar-refractivity contribution >= 4 is 27.7 Å². The number of nitrogens with one attached hydrogen (secondary N) is 1. The van der Waals surface area contributed by atoms with Crippen molar-refractivity contribution in [2.75, 3.05) is 33.9 Å². The molecule has 0 saturated heterocycles. The van der Waals surface area contributed by atoms with Crippen LogP contribution in [0.15, 0.2) is 76.6 Å². The van der Waals surface area contributed by atoms with Gasteiger partial charge in [0.25, 0.3) is 15.9 Å². The quantitative estimate of drug-likeness (QED) is 0.449. The highest BCUT2D eigenvalue weighted by Gasteiger charge is 2.34. The second kappa shape index (κ2) is 10.8. The lowest BCUT2D eigenvalue weighted by atomic mass is 9.87. The Labute approximate surface area is 226 Å². The summed E-state index contributed by atoms with van der Waals surface area (Å²) in [5, 5.41) is 0. The van der Waals surface area contributed by atoms with Gasteiger partial charge < -0.3 is 19.1 Å². The van der Waals surface area contributed by atoms with Crippen LogP contribution in [0.25, 0.3) is 0 Å². The average Bonchev–Trinajstić information content (AvgIpc) is 3.23. The molecular formula is C28H27N3O7S. The Balaban J connectivity index is 1.32. The van der Waals surface area contributed by atoms with Crippen LogP contribution < -0.4 is 14.2 Å². The second-order valence-electron chi connectivity index (χ2n) is 8.98. The molecule has 0 aliphatic carbocycles. The molecule has 0 saturated carbocycles. The van der Waals surface area contributed by atoms with Gasteiger partial charge >= 0.3 is 5.97 Å². The predicted molar refractivity (Wildman–Crippen MR) is 142 cm³/mol. The third kappa shape index (κ3) is 5.17. The molecule has 0 radical (unpaired) electrons. The molecule has 2 aliphatic rings.